The summed E-state index contributed by atoms with van der Waals surface area (Å²) in [6.07, 6.45) is 36.4. The van der Waals surface area contributed by atoms with Gasteiger partial charge in [0, 0.05) is 12.8 Å². The molecule has 0 aromatic carbocycles. The second-order valence-corrected chi connectivity index (χ2v) is 17.3. The molecule has 0 spiro atoms. The zero-order chi connectivity index (χ0) is 46.4. The lowest BCUT2D eigenvalue weighted by Crippen LogP contribution is -2.64. The first kappa shape index (κ1) is 58.0. The van der Waals surface area contributed by atoms with Gasteiger partial charge in [-0.2, -0.15) is 0 Å². The van der Waals surface area contributed by atoms with E-state index < -0.39 is 75.7 Å². The highest BCUT2D eigenvalue weighted by atomic mass is 31.2. The summed E-state index contributed by atoms with van der Waals surface area (Å²) in [4.78, 5) is 35.7. The molecule has 14 heteroatoms. The minimum Gasteiger partial charge on any atom is -0.462 e. The Labute approximate surface area is 378 Å². The molecule has 0 amide bonds. The third kappa shape index (κ3) is 30.7. The fourth-order valence-corrected chi connectivity index (χ4v) is 7.37. The second kappa shape index (κ2) is 38.3. The van der Waals surface area contributed by atoms with Crippen LogP contribution in [0.2, 0.25) is 0 Å². The number of aliphatic hydroxyl groups is 5. The molecule has 1 fully saturated rings. The van der Waals surface area contributed by atoms with E-state index in [4.69, 9.17) is 18.5 Å². The van der Waals surface area contributed by atoms with Gasteiger partial charge in [0.05, 0.1) is 6.61 Å². The van der Waals surface area contributed by atoms with Crippen molar-refractivity contribution in [2.24, 2.45) is 0 Å². The fourth-order valence-electron chi connectivity index (χ4n) is 6.40. The zero-order valence-electron chi connectivity index (χ0n) is 38.1. The largest absolute Gasteiger partial charge is 0.472 e. The van der Waals surface area contributed by atoms with Crippen LogP contribution in [0.4, 0.5) is 0 Å². The van der Waals surface area contributed by atoms with Crippen molar-refractivity contribution in [3.05, 3.63) is 85.1 Å². The third-order valence-electron chi connectivity index (χ3n) is 10.2. The van der Waals surface area contributed by atoms with Gasteiger partial charge in [-0.05, 0) is 89.9 Å². The molecule has 0 aromatic heterocycles. The Balaban J connectivity index is 2.53. The molecule has 13 nitrogen and oxygen atoms in total. The topological polar surface area (TPSA) is 210 Å². The van der Waals surface area contributed by atoms with Gasteiger partial charge in [-0.25, -0.2) is 4.57 Å². The molecule has 1 saturated carbocycles. The van der Waals surface area contributed by atoms with E-state index in [1.54, 1.807) is 0 Å². The van der Waals surface area contributed by atoms with Gasteiger partial charge in [0.25, 0.3) is 0 Å². The summed E-state index contributed by atoms with van der Waals surface area (Å²) in [6.45, 7) is 3.17. The van der Waals surface area contributed by atoms with Crippen molar-refractivity contribution in [3.63, 3.8) is 0 Å². The van der Waals surface area contributed by atoms with Crippen LogP contribution in [0, 0.1) is 0 Å². The SMILES string of the molecule is CCCCC/C=C\C/C=C\C/C=C\C/C=C\CCCC(=O)O[C@H](COC(=O)CCCCCC/C=C\C/C=C\C/C=C\CCCCC)COP(=O)(O)OC1C(O)C(O)C(O)[C@@H](O)C1O. The Kier molecular flexibility index (Phi) is 35.3. The fraction of sp³-hybridized carbons (Fsp3) is 0.673. The molecule has 0 aromatic rings. The molecule has 0 heterocycles. The number of carbonyl (C=O) groups excluding carboxylic acids is 2. The van der Waals surface area contributed by atoms with E-state index in [1.165, 1.54) is 38.5 Å². The van der Waals surface area contributed by atoms with Crippen LogP contribution in [0.3, 0.4) is 0 Å². The third-order valence-corrected chi connectivity index (χ3v) is 11.2. The van der Waals surface area contributed by atoms with Crippen LogP contribution in [0.25, 0.3) is 0 Å². The van der Waals surface area contributed by atoms with Crippen LogP contribution in [0.5, 0.6) is 0 Å². The lowest BCUT2D eigenvalue weighted by atomic mass is 9.85. The van der Waals surface area contributed by atoms with Gasteiger partial charge in [0.15, 0.2) is 6.10 Å². The number of hydrogen-bond donors (Lipinski definition) is 6. The van der Waals surface area contributed by atoms with Gasteiger partial charge in [-0.15, -0.1) is 0 Å². The lowest BCUT2D eigenvalue weighted by molar-refractivity contribution is -0.220. The van der Waals surface area contributed by atoms with E-state index in [0.717, 1.165) is 70.6 Å². The van der Waals surface area contributed by atoms with Gasteiger partial charge in [0.2, 0.25) is 0 Å². The summed E-state index contributed by atoms with van der Waals surface area (Å²) in [5, 5.41) is 50.2. The normalized spacial score (nSPS) is 22.5. The highest BCUT2D eigenvalue weighted by Gasteiger charge is 2.51. The first-order valence-corrected chi connectivity index (χ1v) is 24.9. The highest BCUT2D eigenvalue weighted by Crippen LogP contribution is 2.47. The Morgan fingerprint density at radius 2 is 0.873 bits per heavy atom. The predicted molar refractivity (Wildman–Crippen MR) is 248 cm³/mol. The Bertz CT molecular complexity index is 1420. The summed E-state index contributed by atoms with van der Waals surface area (Å²) < 4.78 is 33.4. The molecule has 1 rings (SSSR count). The first-order chi connectivity index (χ1) is 30.4. The van der Waals surface area contributed by atoms with Crippen molar-refractivity contribution in [1.82, 2.24) is 0 Å². The van der Waals surface area contributed by atoms with Crippen LogP contribution >= 0.6 is 7.82 Å². The highest BCUT2D eigenvalue weighted by molar-refractivity contribution is 7.47. The van der Waals surface area contributed by atoms with Crippen molar-refractivity contribution in [1.29, 1.82) is 0 Å². The Morgan fingerprint density at radius 3 is 1.33 bits per heavy atom. The minimum atomic E-state index is -5.14. The van der Waals surface area contributed by atoms with Crippen LogP contribution in [-0.4, -0.2) is 98.3 Å². The average Bonchev–Trinajstić information content (AvgIpc) is 3.26. The van der Waals surface area contributed by atoms with E-state index in [2.05, 4.69) is 86.8 Å². The van der Waals surface area contributed by atoms with E-state index in [0.29, 0.717) is 19.3 Å². The van der Waals surface area contributed by atoms with Gasteiger partial charge in [-0.3, -0.25) is 18.6 Å². The van der Waals surface area contributed by atoms with Gasteiger partial charge in [-0.1, -0.05) is 137 Å². The lowest BCUT2D eigenvalue weighted by Gasteiger charge is -2.41. The molecular formula is C49H81O13P. The molecule has 1 aliphatic carbocycles. The van der Waals surface area contributed by atoms with Gasteiger partial charge in [0.1, 0.15) is 43.2 Å². The number of hydrogen-bond acceptors (Lipinski definition) is 12. The number of rotatable bonds is 37. The van der Waals surface area contributed by atoms with Crippen LogP contribution in [-0.2, 0) is 32.7 Å². The summed E-state index contributed by atoms with van der Waals surface area (Å²) in [7, 11) is -5.14. The van der Waals surface area contributed by atoms with Gasteiger partial charge >= 0.3 is 19.8 Å². The summed E-state index contributed by atoms with van der Waals surface area (Å²) >= 11 is 0. The molecule has 0 bridgehead atoms. The number of esters is 2. The van der Waals surface area contributed by atoms with Crippen LogP contribution < -0.4 is 0 Å². The molecule has 63 heavy (non-hydrogen) atoms. The average molecular weight is 909 g/mol. The number of allylic oxidation sites excluding steroid dienone is 14. The zero-order valence-corrected chi connectivity index (χ0v) is 39.0. The van der Waals surface area contributed by atoms with E-state index in [-0.39, 0.29) is 12.8 Å². The van der Waals surface area contributed by atoms with Crippen molar-refractivity contribution in [2.45, 2.75) is 198 Å². The standard InChI is InChI=1S/C49H81O13P/c1-3-5-7-9-11-13-15-17-19-21-23-25-27-29-31-33-35-37-42(50)59-39-41(40-60-63(57,58)62-49-47(55)45(53)44(52)46(54)48(49)56)61-43(51)38-36-34-32-30-28-26-24-22-20-18-16-14-12-10-8-6-4-2/h11-14,17-20,23-26,30,32,41,44-49,52-56H,3-10,15-16,21-22,27-29,31,33-40H2,1-2H3,(H,57,58)/b13-11-,14-12-,19-17-,20-18-,25-23-,26-24-,32-30-/t41-,44?,45-,46?,47?,48?,49?/m1/s1. The monoisotopic (exact) mass is 909 g/mol. The molecule has 0 radical (unpaired) electrons. The van der Waals surface area contributed by atoms with Crippen molar-refractivity contribution in [3.8, 4) is 0 Å². The second-order valence-electron chi connectivity index (χ2n) is 15.9. The molecule has 6 N–H and O–H groups in total. The quantitative estimate of drug-likeness (QED) is 0.0149. The predicted octanol–water partition coefficient (Wildman–Crippen LogP) is 9.28. The van der Waals surface area contributed by atoms with E-state index in [1.807, 2.05) is 12.2 Å². The maximum Gasteiger partial charge on any atom is 0.472 e. The number of phosphoric acid groups is 1. The van der Waals surface area contributed by atoms with Crippen molar-refractivity contribution >= 4 is 19.8 Å². The van der Waals surface area contributed by atoms with Crippen molar-refractivity contribution in [2.75, 3.05) is 13.2 Å². The molecular weight excluding hydrogens is 828 g/mol. The molecule has 8 atom stereocenters. The minimum absolute atomic E-state index is 0.0110. The summed E-state index contributed by atoms with van der Waals surface area (Å²) in [5.74, 6) is -1.20. The van der Waals surface area contributed by atoms with Crippen LogP contribution in [0.1, 0.15) is 155 Å². The van der Waals surface area contributed by atoms with E-state index in [9.17, 15) is 44.6 Å². The molecule has 1 aliphatic rings. The number of phosphoric ester groups is 1. The number of ether oxygens (including phenoxy) is 2. The Morgan fingerprint density at radius 1 is 0.492 bits per heavy atom. The number of aliphatic hydroxyl groups excluding tert-OH is 5. The Hall–Kier alpha value is -2.97. The van der Waals surface area contributed by atoms with E-state index >= 15 is 0 Å². The maximum absolute atomic E-state index is 12.8. The molecule has 360 valence electrons. The maximum atomic E-state index is 12.8. The molecule has 0 aliphatic heterocycles. The smallest absolute Gasteiger partial charge is 0.462 e. The first-order valence-electron chi connectivity index (χ1n) is 23.4. The summed E-state index contributed by atoms with van der Waals surface area (Å²) in [6, 6.07) is 0. The molecule has 6 unspecified atom stereocenters. The summed E-state index contributed by atoms with van der Waals surface area (Å²) in [5.41, 5.74) is 0. The van der Waals surface area contributed by atoms with Crippen molar-refractivity contribution < 1.29 is 63.1 Å². The number of unbranched alkanes of at least 4 members (excludes halogenated alkanes) is 11. The molecule has 0 saturated heterocycles. The van der Waals surface area contributed by atoms with Gasteiger partial charge < -0.3 is 39.9 Å². The van der Waals surface area contributed by atoms with Crippen LogP contribution in [0.15, 0.2) is 85.1 Å². The number of carbonyl (C=O) groups is 2.